The molecule has 0 aliphatic carbocycles. The maximum absolute atomic E-state index is 18.1. The van der Waals surface area contributed by atoms with Gasteiger partial charge < -0.3 is 38.2 Å². The first kappa shape index (κ1) is 47.3. The first-order chi connectivity index (χ1) is 34.5. The van der Waals surface area contributed by atoms with Crippen LogP contribution in [0.1, 0.15) is 55.0 Å². The van der Waals surface area contributed by atoms with E-state index in [0.717, 1.165) is 71.1 Å². The maximum atomic E-state index is 18.1. The molecular formula is C56H57F2N7O6. The third-order valence-corrected chi connectivity index (χ3v) is 13.9. The Morgan fingerprint density at radius 2 is 1.51 bits per heavy atom. The maximum Gasteiger partial charge on any atom is 0.319 e. The number of fused-ring (bicyclic) bond motifs is 2. The highest BCUT2D eigenvalue weighted by molar-refractivity contribution is 6.03. The van der Waals surface area contributed by atoms with Gasteiger partial charge in [0.25, 0.3) is 0 Å². The number of anilines is 2. The summed E-state index contributed by atoms with van der Waals surface area (Å²) in [6, 6.07) is 26.1. The van der Waals surface area contributed by atoms with Gasteiger partial charge in [-0.3, -0.25) is 4.90 Å². The van der Waals surface area contributed by atoms with E-state index >= 15 is 8.78 Å². The molecule has 4 aromatic carbocycles. The molecule has 1 unspecified atom stereocenters. The third kappa shape index (κ3) is 9.15. The third-order valence-electron chi connectivity index (χ3n) is 13.9. The average Bonchev–Trinajstić information content (AvgIpc) is 3.77. The van der Waals surface area contributed by atoms with Crippen molar-refractivity contribution in [1.29, 1.82) is 0 Å². The van der Waals surface area contributed by atoms with Gasteiger partial charge in [0.05, 0.1) is 32.3 Å². The number of hydrogen-bond acceptors (Lipinski definition) is 13. The molecule has 1 atom stereocenters. The molecule has 3 aromatic heterocycles. The molecule has 0 saturated carbocycles. The van der Waals surface area contributed by atoms with E-state index in [1.807, 2.05) is 37.3 Å². The lowest BCUT2D eigenvalue weighted by Gasteiger charge is -2.34. The molecule has 13 nitrogen and oxygen atoms in total. The predicted molar refractivity (Wildman–Crippen MR) is 271 cm³/mol. The molecule has 0 radical (unpaired) electrons. The number of rotatable bonds is 17. The number of nitrogens with zero attached hydrogens (tertiary/aromatic N) is 7. The molecule has 2 saturated heterocycles. The molecule has 3 aliphatic rings. The Kier molecular flexibility index (Phi) is 13.2. The average molecular weight is 962 g/mol. The van der Waals surface area contributed by atoms with E-state index in [9.17, 15) is 0 Å². The van der Waals surface area contributed by atoms with Crippen molar-refractivity contribution in [2.24, 2.45) is 0 Å². The minimum absolute atomic E-state index is 0.00711. The van der Waals surface area contributed by atoms with Crippen LogP contribution in [0, 0.1) is 11.6 Å². The molecular weight excluding hydrogens is 905 g/mol. The van der Waals surface area contributed by atoms with E-state index in [1.165, 1.54) is 13.2 Å². The van der Waals surface area contributed by atoms with Crippen molar-refractivity contribution in [3.8, 4) is 40.4 Å². The van der Waals surface area contributed by atoms with Crippen LogP contribution in [0.5, 0.6) is 29.1 Å². The van der Waals surface area contributed by atoms with E-state index in [-0.39, 0.29) is 54.0 Å². The van der Waals surface area contributed by atoms with E-state index in [2.05, 4.69) is 65.1 Å². The van der Waals surface area contributed by atoms with Crippen LogP contribution in [0.15, 0.2) is 115 Å². The Hall–Kier alpha value is -7.36. The number of aromatic nitrogens is 4. The molecule has 7 aromatic rings. The standard InChI is InChI=1S/C56H57F2N7O6/c1-8-43-46(57)20-15-39-24-42(71-33-66-5)25-45(47(39)43)50-49(58)51-48-53(62-55(61-51)70-32-56-26-34(2)28-64(56)29-35(3)27-56)65(22-23-69-54(48)60-50)36(4)44-10-9-21-59-52(44)63(30-37-11-16-40(67-6)17-12-37)31-38-13-18-41(68-7)19-14-38/h9-21,24-25,36H,2-3,8,22-23,26-33H2,1,4-7H3. The summed E-state index contributed by atoms with van der Waals surface area (Å²) in [5, 5.41) is 1.43. The molecule has 0 N–H and O–H groups in total. The number of aryl methyl sites for hydroxylation is 1. The van der Waals surface area contributed by atoms with Crippen LogP contribution in [0.4, 0.5) is 20.4 Å². The fourth-order valence-corrected chi connectivity index (χ4v) is 10.5. The van der Waals surface area contributed by atoms with E-state index in [1.54, 1.807) is 38.6 Å². The van der Waals surface area contributed by atoms with E-state index in [4.69, 9.17) is 48.4 Å². The van der Waals surface area contributed by atoms with Gasteiger partial charge in [0, 0.05) is 50.6 Å². The number of methoxy groups -OCH3 is 3. The van der Waals surface area contributed by atoms with Crippen molar-refractivity contribution in [2.45, 2.75) is 57.8 Å². The van der Waals surface area contributed by atoms with E-state index in [0.29, 0.717) is 59.5 Å². The first-order valence-corrected chi connectivity index (χ1v) is 23.8. The normalized spacial score (nSPS) is 15.7. The quantitative estimate of drug-likeness (QED) is 0.0637. The van der Waals surface area contributed by atoms with Crippen molar-refractivity contribution >= 4 is 33.3 Å². The van der Waals surface area contributed by atoms with Gasteiger partial charge in [0.15, 0.2) is 12.6 Å². The van der Waals surface area contributed by atoms with Gasteiger partial charge in [-0.1, -0.05) is 67.6 Å². The summed E-state index contributed by atoms with van der Waals surface area (Å²) in [5.41, 5.74) is 5.46. The second kappa shape index (κ2) is 19.8. The Bertz CT molecular complexity index is 3080. The van der Waals surface area contributed by atoms with Gasteiger partial charge in [-0.2, -0.15) is 9.97 Å². The zero-order chi connectivity index (χ0) is 49.4. The summed E-state index contributed by atoms with van der Waals surface area (Å²) in [6.45, 7) is 15.8. The van der Waals surface area contributed by atoms with Crippen molar-refractivity contribution in [3.63, 3.8) is 0 Å². The van der Waals surface area contributed by atoms with Gasteiger partial charge >= 0.3 is 6.01 Å². The summed E-state index contributed by atoms with van der Waals surface area (Å²) in [7, 11) is 4.82. The summed E-state index contributed by atoms with van der Waals surface area (Å²) < 4.78 is 69.1. The molecule has 10 rings (SSSR count). The topological polar surface area (TPSA) is 117 Å². The Morgan fingerprint density at radius 1 is 0.817 bits per heavy atom. The zero-order valence-corrected chi connectivity index (χ0v) is 40.8. The molecule has 3 aliphatic heterocycles. The summed E-state index contributed by atoms with van der Waals surface area (Å²) in [6.07, 6.45) is 3.60. The number of benzene rings is 4. The molecule has 0 bridgehead atoms. The molecule has 366 valence electrons. The highest BCUT2D eigenvalue weighted by atomic mass is 19.1. The summed E-state index contributed by atoms with van der Waals surface area (Å²) in [4.78, 5) is 26.7. The smallest absolute Gasteiger partial charge is 0.319 e. The first-order valence-electron chi connectivity index (χ1n) is 23.8. The Morgan fingerprint density at radius 3 is 2.15 bits per heavy atom. The zero-order valence-electron chi connectivity index (χ0n) is 40.8. The van der Waals surface area contributed by atoms with Gasteiger partial charge in [0.1, 0.15) is 64.5 Å². The number of halogens is 2. The minimum atomic E-state index is -0.748. The Balaban J connectivity index is 1.12. The highest BCUT2D eigenvalue weighted by Crippen LogP contribution is 2.47. The predicted octanol–water partition coefficient (Wildman–Crippen LogP) is 10.6. The molecule has 6 heterocycles. The van der Waals surface area contributed by atoms with Crippen LogP contribution in [0.2, 0.25) is 0 Å². The monoisotopic (exact) mass is 961 g/mol. The van der Waals surface area contributed by atoms with Gasteiger partial charge in [-0.15, -0.1) is 0 Å². The van der Waals surface area contributed by atoms with Crippen LogP contribution in [0.3, 0.4) is 0 Å². The number of pyridine rings is 2. The fraction of sp³-hybridized carbons (Fsp3) is 0.321. The van der Waals surface area contributed by atoms with Crippen molar-refractivity contribution in [3.05, 3.63) is 149 Å². The van der Waals surface area contributed by atoms with E-state index < -0.39 is 17.7 Å². The summed E-state index contributed by atoms with van der Waals surface area (Å²) >= 11 is 0. The van der Waals surface area contributed by atoms with Gasteiger partial charge in [0.2, 0.25) is 5.88 Å². The lowest BCUT2D eigenvalue weighted by molar-refractivity contribution is 0.0512. The molecule has 2 fully saturated rings. The lowest BCUT2D eigenvalue weighted by atomic mass is 9.92. The lowest BCUT2D eigenvalue weighted by Crippen LogP contribution is -2.43. The second-order valence-corrected chi connectivity index (χ2v) is 18.5. The van der Waals surface area contributed by atoms with Crippen LogP contribution >= 0.6 is 0 Å². The molecule has 0 amide bonds. The Labute approximate surface area is 412 Å². The van der Waals surface area contributed by atoms with Crippen LogP contribution in [0.25, 0.3) is 32.9 Å². The van der Waals surface area contributed by atoms with Crippen LogP contribution in [-0.4, -0.2) is 91.3 Å². The number of ether oxygens (including phenoxy) is 6. The number of hydrogen-bond donors (Lipinski definition) is 0. The summed E-state index contributed by atoms with van der Waals surface area (Å²) in [5.74, 6) is 2.04. The van der Waals surface area contributed by atoms with Crippen LogP contribution < -0.4 is 33.5 Å². The van der Waals surface area contributed by atoms with Crippen molar-refractivity contribution in [2.75, 3.05) is 70.8 Å². The van der Waals surface area contributed by atoms with Crippen LogP contribution in [-0.2, 0) is 24.2 Å². The minimum Gasteiger partial charge on any atom is -0.497 e. The SMILES string of the molecule is C=C1CN2CC(=C)CC2(COc2nc3c4c(nc(-c5cc(OCOC)cc6ccc(F)c(CC)c56)c(F)c4n2)OCCN3C(C)c2cccnc2N(Cc2ccc(OC)cc2)Cc2ccc(OC)cc2)C1. The molecule has 0 spiro atoms. The van der Waals surface area contributed by atoms with Gasteiger partial charge in [-0.25, -0.2) is 18.7 Å². The van der Waals surface area contributed by atoms with Gasteiger partial charge in [-0.05, 0) is 102 Å². The largest absolute Gasteiger partial charge is 0.497 e. The van der Waals surface area contributed by atoms with Crippen molar-refractivity contribution in [1.82, 2.24) is 24.8 Å². The second-order valence-electron chi connectivity index (χ2n) is 18.5. The molecule has 15 heteroatoms. The highest BCUT2D eigenvalue weighted by Gasteiger charge is 2.48. The van der Waals surface area contributed by atoms with Crippen molar-refractivity contribution < 1.29 is 37.2 Å². The molecule has 71 heavy (non-hydrogen) atoms. The fourth-order valence-electron chi connectivity index (χ4n) is 10.5.